The summed E-state index contributed by atoms with van der Waals surface area (Å²) < 4.78 is 7.51. The van der Waals surface area contributed by atoms with Crippen molar-refractivity contribution in [1.82, 2.24) is 24.6 Å². The molecule has 0 saturated heterocycles. The number of hydrogen-bond donors (Lipinski definition) is 1. The van der Waals surface area contributed by atoms with Gasteiger partial charge in [0.05, 0.1) is 6.61 Å². The Balaban J connectivity index is 1.48. The molecule has 3 aromatic heterocycles. The van der Waals surface area contributed by atoms with E-state index in [1.165, 1.54) is 11.1 Å². The molecule has 0 amide bonds. The van der Waals surface area contributed by atoms with Gasteiger partial charge in [-0.05, 0) is 29.3 Å². The Labute approximate surface area is 149 Å². The first-order valence-corrected chi connectivity index (χ1v) is 8.47. The van der Waals surface area contributed by atoms with E-state index in [9.17, 15) is 0 Å². The third-order valence-corrected chi connectivity index (χ3v) is 4.60. The molecule has 0 saturated carbocycles. The molecule has 0 atom stereocenters. The van der Waals surface area contributed by atoms with Crippen LogP contribution in [-0.2, 0) is 13.0 Å². The van der Waals surface area contributed by atoms with Crippen LogP contribution < -0.4 is 10.1 Å². The Bertz CT molecular complexity index is 1080. The number of rotatable bonds is 4. The maximum atomic E-state index is 5.64. The molecule has 5 rings (SSSR count). The third-order valence-electron chi connectivity index (χ3n) is 4.60. The first-order valence-electron chi connectivity index (χ1n) is 8.47. The second kappa shape index (κ2) is 6.11. The van der Waals surface area contributed by atoms with Crippen LogP contribution in [0.1, 0.15) is 11.1 Å². The van der Waals surface area contributed by atoms with Crippen molar-refractivity contribution in [3.63, 3.8) is 0 Å². The zero-order chi connectivity index (χ0) is 17.3. The number of benzene rings is 1. The van der Waals surface area contributed by atoms with Crippen LogP contribution in [0.25, 0.3) is 16.8 Å². The molecule has 1 aromatic carbocycles. The van der Waals surface area contributed by atoms with Gasteiger partial charge in [-0.3, -0.25) is 9.38 Å². The second-order valence-electron chi connectivity index (χ2n) is 6.10. The molecule has 128 valence electrons. The van der Waals surface area contributed by atoms with Crippen molar-refractivity contribution in [1.29, 1.82) is 0 Å². The minimum atomic E-state index is 0.668. The van der Waals surface area contributed by atoms with E-state index in [1.807, 2.05) is 34.9 Å². The summed E-state index contributed by atoms with van der Waals surface area (Å²) in [6.45, 7) is 1.42. The highest BCUT2D eigenvalue weighted by atomic mass is 16.5. The fourth-order valence-electron chi connectivity index (χ4n) is 3.32. The third kappa shape index (κ3) is 2.45. The molecule has 4 heterocycles. The topological polar surface area (TPSA) is 77.2 Å². The maximum Gasteiger partial charge on any atom is 0.210 e. The number of nitrogens with one attached hydrogen (secondary N) is 1. The number of nitrogens with zero attached hydrogens (tertiary/aromatic N) is 5. The molecule has 0 radical (unpaired) electrons. The van der Waals surface area contributed by atoms with Crippen molar-refractivity contribution >= 4 is 11.6 Å². The zero-order valence-electron chi connectivity index (χ0n) is 14.0. The molecule has 7 nitrogen and oxygen atoms in total. The average molecular weight is 344 g/mol. The molecule has 0 fully saturated rings. The van der Waals surface area contributed by atoms with Gasteiger partial charge in [0.1, 0.15) is 12.1 Å². The van der Waals surface area contributed by atoms with Crippen molar-refractivity contribution in [2.45, 2.75) is 13.0 Å². The Morgan fingerprint density at radius 3 is 3.00 bits per heavy atom. The van der Waals surface area contributed by atoms with E-state index in [1.54, 1.807) is 18.7 Å². The summed E-state index contributed by atoms with van der Waals surface area (Å²) in [5.74, 6) is 1.69. The minimum Gasteiger partial charge on any atom is -0.493 e. The lowest BCUT2D eigenvalue weighted by atomic mass is 10.1. The molecular weight excluding hydrogens is 328 g/mol. The number of ether oxygens (including phenoxy) is 1. The smallest absolute Gasteiger partial charge is 0.210 e. The van der Waals surface area contributed by atoms with E-state index in [2.05, 4.69) is 31.5 Å². The predicted octanol–water partition coefficient (Wildman–Crippen LogP) is 2.73. The van der Waals surface area contributed by atoms with E-state index in [0.29, 0.717) is 12.5 Å². The van der Waals surface area contributed by atoms with E-state index < -0.39 is 0 Å². The molecule has 26 heavy (non-hydrogen) atoms. The molecule has 7 heteroatoms. The van der Waals surface area contributed by atoms with Crippen LogP contribution in [0.15, 0.2) is 55.2 Å². The summed E-state index contributed by atoms with van der Waals surface area (Å²) in [6, 6.07) is 10.0. The highest BCUT2D eigenvalue weighted by molar-refractivity contribution is 5.77. The average Bonchev–Trinajstić information content (AvgIpc) is 3.36. The van der Waals surface area contributed by atoms with Gasteiger partial charge in [0, 0.05) is 42.7 Å². The number of anilines is 1. The standard InChI is InChI=1S/C19H16N6O/c1-2-14(15-6-9-26-17(15)3-1)10-21-19-22-11-16(13-4-7-20-8-5-13)18-24-23-12-25(18)19/h1-5,7-8,11-12H,6,9-10H2,(H,21,22). The Morgan fingerprint density at radius 2 is 2.08 bits per heavy atom. The SMILES string of the molecule is c1cc(CNc2ncc(-c3ccncc3)c3nncn23)c2c(c1)OCC2. The lowest BCUT2D eigenvalue weighted by Crippen LogP contribution is -2.08. The molecule has 4 aromatic rings. The van der Waals surface area contributed by atoms with Gasteiger partial charge in [-0.15, -0.1) is 10.2 Å². The predicted molar refractivity (Wildman–Crippen MR) is 97.0 cm³/mol. The van der Waals surface area contributed by atoms with Gasteiger partial charge in [-0.2, -0.15) is 0 Å². The largest absolute Gasteiger partial charge is 0.493 e. The number of aromatic nitrogens is 5. The summed E-state index contributed by atoms with van der Waals surface area (Å²) in [5, 5.41) is 11.7. The quantitative estimate of drug-likeness (QED) is 0.613. The van der Waals surface area contributed by atoms with Gasteiger partial charge in [-0.1, -0.05) is 12.1 Å². The van der Waals surface area contributed by atoms with Crippen LogP contribution in [0.4, 0.5) is 5.95 Å². The van der Waals surface area contributed by atoms with Crippen molar-refractivity contribution in [2.24, 2.45) is 0 Å². The molecule has 1 N–H and O–H groups in total. The van der Waals surface area contributed by atoms with Crippen molar-refractivity contribution in [3.8, 4) is 16.9 Å². The molecule has 0 bridgehead atoms. The lowest BCUT2D eigenvalue weighted by Gasteiger charge is -2.11. The molecule has 0 spiro atoms. The Hall–Kier alpha value is -3.48. The first kappa shape index (κ1) is 14.8. The van der Waals surface area contributed by atoms with Gasteiger partial charge < -0.3 is 10.1 Å². The van der Waals surface area contributed by atoms with Crippen molar-refractivity contribution < 1.29 is 4.74 Å². The van der Waals surface area contributed by atoms with Crippen LogP contribution in [0.3, 0.4) is 0 Å². The molecule has 0 unspecified atom stereocenters. The van der Waals surface area contributed by atoms with E-state index in [-0.39, 0.29) is 0 Å². The highest BCUT2D eigenvalue weighted by Crippen LogP contribution is 2.29. The van der Waals surface area contributed by atoms with Crippen LogP contribution in [-0.4, -0.2) is 31.2 Å². The normalized spacial score (nSPS) is 12.8. The van der Waals surface area contributed by atoms with Gasteiger partial charge in [0.2, 0.25) is 5.95 Å². The maximum absolute atomic E-state index is 5.64. The van der Waals surface area contributed by atoms with Gasteiger partial charge in [0.15, 0.2) is 5.65 Å². The molecule has 1 aliphatic heterocycles. The summed E-state index contributed by atoms with van der Waals surface area (Å²) in [7, 11) is 0. The van der Waals surface area contributed by atoms with Crippen LogP contribution >= 0.6 is 0 Å². The van der Waals surface area contributed by atoms with Gasteiger partial charge in [0.25, 0.3) is 0 Å². The first-order chi connectivity index (χ1) is 12.9. The lowest BCUT2D eigenvalue weighted by molar-refractivity contribution is 0.357. The van der Waals surface area contributed by atoms with E-state index in [0.717, 1.165) is 35.6 Å². The van der Waals surface area contributed by atoms with Crippen LogP contribution in [0.5, 0.6) is 5.75 Å². The van der Waals surface area contributed by atoms with E-state index in [4.69, 9.17) is 4.74 Å². The monoisotopic (exact) mass is 344 g/mol. The summed E-state index contributed by atoms with van der Waals surface area (Å²) in [4.78, 5) is 8.65. The van der Waals surface area contributed by atoms with Gasteiger partial charge >= 0.3 is 0 Å². The number of fused-ring (bicyclic) bond motifs is 2. The fraction of sp³-hybridized carbons (Fsp3) is 0.158. The summed E-state index contributed by atoms with van der Waals surface area (Å²) in [6.07, 6.45) is 7.95. The van der Waals surface area contributed by atoms with Crippen LogP contribution in [0.2, 0.25) is 0 Å². The molecular formula is C19H16N6O. The summed E-state index contributed by atoms with van der Waals surface area (Å²) >= 11 is 0. The van der Waals surface area contributed by atoms with Crippen molar-refractivity contribution in [3.05, 3.63) is 66.4 Å². The number of pyridine rings is 1. The molecule has 1 aliphatic rings. The second-order valence-corrected chi connectivity index (χ2v) is 6.10. The van der Waals surface area contributed by atoms with Gasteiger partial charge in [-0.25, -0.2) is 4.98 Å². The number of hydrogen-bond acceptors (Lipinski definition) is 6. The Morgan fingerprint density at radius 1 is 1.15 bits per heavy atom. The van der Waals surface area contributed by atoms with Crippen molar-refractivity contribution in [2.75, 3.05) is 11.9 Å². The fourth-order valence-corrected chi connectivity index (χ4v) is 3.32. The van der Waals surface area contributed by atoms with Crippen LogP contribution in [0, 0.1) is 0 Å². The summed E-state index contributed by atoms with van der Waals surface area (Å²) in [5.41, 5.74) is 5.18. The zero-order valence-corrected chi connectivity index (χ0v) is 14.0. The highest BCUT2D eigenvalue weighted by Gasteiger charge is 2.16. The minimum absolute atomic E-state index is 0.668. The molecule has 0 aliphatic carbocycles. The Kier molecular flexibility index (Phi) is 3.48. The van der Waals surface area contributed by atoms with E-state index >= 15 is 0 Å².